The van der Waals surface area contributed by atoms with Crippen LogP contribution in [0.2, 0.25) is 5.02 Å². The van der Waals surface area contributed by atoms with Crippen molar-refractivity contribution in [1.29, 1.82) is 0 Å². The lowest BCUT2D eigenvalue weighted by atomic mass is 10.2. The van der Waals surface area contributed by atoms with Gasteiger partial charge in [0, 0.05) is 13.1 Å². The van der Waals surface area contributed by atoms with Crippen molar-refractivity contribution < 1.29 is 9.53 Å². The molecule has 0 aliphatic rings. The molecule has 1 aromatic heterocycles. The van der Waals surface area contributed by atoms with Crippen molar-refractivity contribution in [1.82, 2.24) is 9.88 Å². The summed E-state index contributed by atoms with van der Waals surface area (Å²) < 4.78 is 6.71. The predicted octanol–water partition coefficient (Wildman–Crippen LogP) is 5.76. The molecule has 30 heavy (non-hydrogen) atoms. The molecule has 3 rings (SSSR count). The van der Waals surface area contributed by atoms with Crippen LogP contribution >= 0.6 is 35.3 Å². The Morgan fingerprint density at radius 1 is 1.07 bits per heavy atom. The van der Waals surface area contributed by atoms with Crippen LogP contribution in [-0.4, -0.2) is 48.6 Å². The molecule has 162 valence electrons. The Balaban J connectivity index is 0.00000320. The zero-order valence-corrected chi connectivity index (χ0v) is 19.8. The number of nitrogens with zero attached hydrogens (tertiary/aromatic N) is 3. The molecular weight excluding hydrogens is 441 g/mol. The molecule has 3 aromatic rings. The van der Waals surface area contributed by atoms with Gasteiger partial charge in [-0.1, -0.05) is 55.0 Å². The van der Waals surface area contributed by atoms with Crippen LogP contribution in [0, 0.1) is 0 Å². The molecule has 0 fully saturated rings. The second kappa shape index (κ2) is 11.5. The summed E-state index contributed by atoms with van der Waals surface area (Å²) in [7, 11) is 0. The van der Waals surface area contributed by atoms with Crippen LogP contribution < -0.4 is 9.64 Å². The standard InChI is InChI=1S/C22H26ClN3O2S.ClH/c1-4-25(5-2)14-15-26(21(27)16-10-7-8-11-17(16)23)22-24-20-18(28-6-3)12-9-13-19(20)29-22;/h7-13H,4-6,14-15H2,1-3H3;1H. The smallest absolute Gasteiger partial charge is 0.261 e. The fourth-order valence-electron chi connectivity index (χ4n) is 3.14. The number of carbonyl (C=O) groups is 1. The third-order valence-electron chi connectivity index (χ3n) is 4.79. The highest BCUT2D eigenvalue weighted by Gasteiger charge is 2.24. The third-order valence-corrected chi connectivity index (χ3v) is 6.16. The van der Waals surface area contributed by atoms with E-state index in [2.05, 4.69) is 18.7 Å². The lowest BCUT2D eigenvalue weighted by Gasteiger charge is -2.25. The molecule has 1 heterocycles. The molecule has 0 saturated carbocycles. The van der Waals surface area contributed by atoms with E-state index in [4.69, 9.17) is 21.3 Å². The summed E-state index contributed by atoms with van der Waals surface area (Å²) in [6.07, 6.45) is 0. The minimum atomic E-state index is -0.139. The molecule has 1 amide bonds. The van der Waals surface area contributed by atoms with Gasteiger partial charge in [-0.15, -0.1) is 12.4 Å². The van der Waals surface area contributed by atoms with E-state index in [-0.39, 0.29) is 18.3 Å². The number of fused-ring (bicyclic) bond motifs is 1. The average molecular weight is 468 g/mol. The third kappa shape index (κ3) is 5.43. The number of halogens is 2. The van der Waals surface area contributed by atoms with Crippen LogP contribution in [0.25, 0.3) is 10.2 Å². The van der Waals surface area contributed by atoms with Gasteiger partial charge in [-0.05, 0) is 44.3 Å². The highest BCUT2D eigenvalue weighted by Crippen LogP contribution is 2.35. The molecule has 0 aliphatic carbocycles. The highest BCUT2D eigenvalue weighted by atomic mass is 35.5. The monoisotopic (exact) mass is 467 g/mol. The summed E-state index contributed by atoms with van der Waals surface area (Å²) in [4.78, 5) is 22.2. The van der Waals surface area contributed by atoms with E-state index < -0.39 is 0 Å². The van der Waals surface area contributed by atoms with Gasteiger partial charge < -0.3 is 9.64 Å². The molecule has 0 atom stereocenters. The number of rotatable bonds is 9. The van der Waals surface area contributed by atoms with Crippen LogP contribution in [0.15, 0.2) is 42.5 Å². The fourth-order valence-corrected chi connectivity index (χ4v) is 4.37. The molecule has 0 aliphatic heterocycles. The minimum Gasteiger partial charge on any atom is -0.492 e. The zero-order valence-electron chi connectivity index (χ0n) is 17.4. The summed E-state index contributed by atoms with van der Waals surface area (Å²) in [6, 6.07) is 13.0. The van der Waals surface area contributed by atoms with Gasteiger partial charge in [-0.25, -0.2) is 4.98 Å². The van der Waals surface area contributed by atoms with Gasteiger partial charge in [-0.2, -0.15) is 0 Å². The number of aromatic nitrogens is 1. The van der Waals surface area contributed by atoms with Crippen LogP contribution in [0.1, 0.15) is 31.1 Å². The number of benzene rings is 2. The number of carbonyl (C=O) groups excluding carboxylic acids is 1. The summed E-state index contributed by atoms with van der Waals surface area (Å²) in [5, 5.41) is 1.10. The average Bonchev–Trinajstić information content (AvgIpc) is 3.16. The number of hydrogen-bond donors (Lipinski definition) is 0. The molecular formula is C22H27Cl2N3O2S. The first-order valence-electron chi connectivity index (χ1n) is 9.90. The maximum absolute atomic E-state index is 13.4. The Morgan fingerprint density at radius 3 is 2.47 bits per heavy atom. The lowest BCUT2D eigenvalue weighted by molar-refractivity contribution is 0.0984. The predicted molar refractivity (Wildman–Crippen MR) is 129 cm³/mol. The first kappa shape index (κ1) is 24.4. The Morgan fingerprint density at radius 2 is 1.80 bits per heavy atom. The maximum Gasteiger partial charge on any atom is 0.261 e. The molecule has 2 aromatic carbocycles. The number of anilines is 1. The Labute approximate surface area is 193 Å². The van der Waals surface area contributed by atoms with Crippen LogP contribution in [0.5, 0.6) is 5.75 Å². The van der Waals surface area contributed by atoms with E-state index in [9.17, 15) is 4.79 Å². The van der Waals surface area contributed by atoms with Crippen molar-refractivity contribution in [2.45, 2.75) is 20.8 Å². The van der Waals surface area contributed by atoms with Gasteiger partial charge in [0.2, 0.25) is 0 Å². The largest absolute Gasteiger partial charge is 0.492 e. The highest BCUT2D eigenvalue weighted by molar-refractivity contribution is 7.22. The molecule has 0 N–H and O–H groups in total. The van der Waals surface area contributed by atoms with E-state index in [1.165, 1.54) is 11.3 Å². The molecule has 0 spiro atoms. The van der Waals surface area contributed by atoms with Crippen molar-refractivity contribution in [3.8, 4) is 5.75 Å². The molecule has 0 saturated heterocycles. The SMILES string of the molecule is CCOc1cccc2sc(N(CCN(CC)CC)C(=O)c3ccccc3Cl)nc12.Cl. The van der Waals surface area contributed by atoms with Crippen LogP contribution in [-0.2, 0) is 0 Å². The molecule has 0 unspecified atom stereocenters. The van der Waals surface area contributed by atoms with E-state index in [0.29, 0.717) is 28.9 Å². The van der Waals surface area contributed by atoms with Crippen molar-refractivity contribution in [2.24, 2.45) is 0 Å². The normalized spacial score (nSPS) is 10.8. The number of para-hydroxylation sites is 1. The van der Waals surface area contributed by atoms with E-state index in [0.717, 1.165) is 35.6 Å². The lowest BCUT2D eigenvalue weighted by Crippen LogP contribution is -2.39. The Hall–Kier alpha value is -1.86. The molecule has 0 radical (unpaired) electrons. The van der Waals surface area contributed by atoms with Crippen molar-refractivity contribution in [2.75, 3.05) is 37.7 Å². The maximum atomic E-state index is 13.4. The van der Waals surface area contributed by atoms with Gasteiger partial charge in [-0.3, -0.25) is 9.69 Å². The second-order valence-electron chi connectivity index (χ2n) is 6.50. The second-order valence-corrected chi connectivity index (χ2v) is 7.91. The molecule has 5 nitrogen and oxygen atoms in total. The molecule has 8 heteroatoms. The number of hydrogen-bond acceptors (Lipinski definition) is 5. The Bertz CT molecular complexity index is 976. The first-order valence-corrected chi connectivity index (χ1v) is 11.1. The summed E-state index contributed by atoms with van der Waals surface area (Å²) in [6.45, 7) is 9.91. The summed E-state index contributed by atoms with van der Waals surface area (Å²) in [5.41, 5.74) is 1.27. The van der Waals surface area contributed by atoms with Gasteiger partial charge in [0.25, 0.3) is 5.91 Å². The van der Waals surface area contributed by atoms with Gasteiger partial charge >= 0.3 is 0 Å². The first-order chi connectivity index (χ1) is 14.1. The quantitative estimate of drug-likeness (QED) is 0.401. The van der Waals surface area contributed by atoms with Crippen LogP contribution in [0.4, 0.5) is 5.13 Å². The van der Waals surface area contributed by atoms with Crippen molar-refractivity contribution in [3.63, 3.8) is 0 Å². The fraction of sp³-hybridized carbons (Fsp3) is 0.364. The Kier molecular flexibility index (Phi) is 9.37. The summed E-state index contributed by atoms with van der Waals surface area (Å²) in [5.74, 6) is 0.598. The zero-order chi connectivity index (χ0) is 20.8. The number of thiazole rings is 1. The van der Waals surface area contributed by atoms with Crippen molar-refractivity contribution >= 4 is 56.6 Å². The number of ether oxygens (including phenoxy) is 1. The van der Waals surface area contributed by atoms with Crippen molar-refractivity contribution in [3.05, 3.63) is 53.1 Å². The van der Waals surface area contributed by atoms with Gasteiger partial charge in [0.1, 0.15) is 11.3 Å². The number of amides is 1. The van der Waals surface area contributed by atoms with Gasteiger partial charge in [0.15, 0.2) is 5.13 Å². The van der Waals surface area contributed by atoms with E-state index >= 15 is 0 Å². The van der Waals surface area contributed by atoms with Gasteiger partial charge in [0.05, 0.1) is 21.9 Å². The summed E-state index contributed by atoms with van der Waals surface area (Å²) >= 11 is 7.81. The van der Waals surface area contributed by atoms with E-state index in [1.807, 2.05) is 37.3 Å². The van der Waals surface area contributed by atoms with Crippen LogP contribution in [0.3, 0.4) is 0 Å². The topological polar surface area (TPSA) is 45.7 Å². The van der Waals surface area contributed by atoms with E-state index in [1.54, 1.807) is 17.0 Å². The molecule has 0 bridgehead atoms. The minimum absolute atomic E-state index is 0. The number of likely N-dealkylation sites (N-methyl/N-ethyl adjacent to an activating group) is 1.